The van der Waals surface area contributed by atoms with Gasteiger partial charge in [-0.05, 0) is 40.9 Å². The summed E-state index contributed by atoms with van der Waals surface area (Å²) in [6.07, 6.45) is 0. The fourth-order valence-corrected chi connectivity index (χ4v) is 3.78. The zero-order valence-corrected chi connectivity index (χ0v) is 14.6. The molecule has 2 heteroatoms. The molecule has 2 aromatic heterocycles. The first-order valence-electron chi connectivity index (χ1n) is 7.53. The van der Waals surface area contributed by atoms with Crippen LogP contribution in [0.2, 0.25) is 0 Å². The number of hydrogen-bond donors (Lipinski definition) is 0. The number of aryl methyl sites for hydroxylation is 1. The average molecular weight is 335 g/mol. The lowest BCUT2D eigenvalue weighted by molar-refractivity contribution is 1.64. The highest BCUT2D eigenvalue weighted by molar-refractivity contribution is 7.14. The van der Waals surface area contributed by atoms with Crippen LogP contribution in [0.4, 0.5) is 0 Å². The standard InChI is InChI=1S/C16H12S.C5H6S/c1-3-7-13(8-4-1)15-11-12-17-16(15)14-9-5-2-6-10-14;1-5-3-2-4-6-5/h1-12H;2-4H,1H3. The van der Waals surface area contributed by atoms with Gasteiger partial charge in [-0.3, -0.25) is 0 Å². The topological polar surface area (TPSA) is 0 Å². The van der Waals surface area contributed by atoms with E-state index >= 15 is 0 Å². The van der Waals surface area contributed by atoms with Gasteiger partial charge in [-0.25, -0.2) is 0 Å². The fourth-order valence-electron chi connectivity index (χ4n) is 2.33. The summed E-state index contributed by atoms with van der Waals surface area (Å²) in [6.45, 7) is 2.10. The molecule has 0 spiro atoms. The molecule has 0 atom stereocenters. The van der Waals surface area contributed by atoms with Crippen LogP contribution in [-0.4, -0.2) is 0 Å². The Balaban J connectivity index is 0.000000220. The molecular weight excluding hydrogens is 316 g/mol. The summed E-state index contributed by atoms with van der Waals surface area (Å²) in [7, 11) is 0. The Labute approximate surface area is 145 Å². The smallest absolute Gasteiger partial charge is 0.0421 e. The van der Waals surface area contributed by atoms with Crippen LogP contribution in [0.5, 0.6) is 0 Å². The van der Waals surface area contributed by atoms with Crippen LogP contribution in [0, 0.1) is 6.92 Å². The summed E-state index contributed by atoms with van der Waals surface area (Å²) in [5.41, 5.74) is 3.90. The number of benzene rings is 2. The second kappa shape index (κ2) is 7.91. The van der Waals surface area contributed by atoms with Gasteiger partial charge in [-0.2, -0.15) is 0 Å². The van der Waals surface area contributed by atoms with Crippen LogP contribution in [0.15, 0.2) is 89.6 Å². The molecule has 0 bridgehead atoms. The molecule has 2 aromatic carbocycles. The third kappa shape index (κ3) is 4.19. The second-order valence-electron chi connectivity index (χ2n) is 5.12. The minimum atomic E-state index is 1.28. The van der Waals surface area contributed by atoms with E-state index in [-0.39, 0.29) is 0 Å². The predicted octanol–water partition coefficient (Wildman–Crippen LogP) is 7.14. The molecule has 0 N–H and O–H groups in total. The Kier molecular flexibility index (Phi) is 5.41. The Morgan fingerprint density at radius 2 is 1.22 bits per heavy atom. The predicted molar refractivity (Wildman–Crippen MR) is 104 cm³/mol. The lowest BCUT2D eigenvalue weighted by atomic mass is 10.0. The third-order valence-electron chi connectivity index (χ3n) is 3.45. The van der Waals surface area contributed by atoms with E-state index in [1.807, 2.05) is 0 Å². The zero-order valence-electron chi connectivity index (χ0n) is 13.0. The fraction of sp³-hybridized carbons (Fsp3) is 0.0476. The van der Waals surface area contributed by atoms with E-state index in [1.165, 1.54) is 26.4 Å². The maximum absolute atomic E-state index is 2.20. The molecule has 0 unspecified atom stereocenters. The highest BCUT2D eigenvalue weighted by atomic mass is 32.1. The molecular formula is C21H18S2. The van der Waals surface area contributed by atoms with Crippen LogP contribution in [-0.2, 0) is 0 Å². The van der Waals surface area contributed by atoms with Crippen molar-refractivity contribution >= 4 is 22.7 Å². The van der Waals surface area contributed by atoms with Crippen molar-refractivity contribution < 1.29 is 0 Å². The molecule has 23 heavy (non-hydrogen) atoms. The van der Waals surface area contributed by atoms with Crippen molar-refractivity contribution in [3.8, 4) is 21.6 Å². The minimum absolute atomic E-state index is 1.28. The van der Waals surface area contributed by atoms with Gasteiger partial charge in [0.1, 0.15) is 0 Å². The van der Waals surface area contributed by atoms with Crippen LogP contribution in [0.1, 0.15) is 4.88 Å². The highest BCUT2D eigenvalue weighted by Gasteiger charge is 2.07. The number of thiophene rings is 2. The van der Waals surface area contributed by atoms with Crippen LogP contribution >= 0.6 is 22.7 Å². The van der Waals surface area contributed by atoms with Crippen molar-refractivity contribution in [1.29, 1.82) is 0 Å². The van der Waals surface area contributed by atoms with Gasteiger partial charge in [-0.15, -0.1) is 22.7 Å². The summed E-state index contributed by atoms with van der Waals surface area (Å²) in [5.74, 6) is 0. The molecule has 0 aliphatic heterocycles. The zero-order chi connectivity index (χ0) is 15.9. The van der Waals surface area contributed by atoms with E-state index < -0.39 is 0 Å². The average Bonchev–Trinajstić information content (AvgIpc) is 3.28. The maximum Gasteiger partial charge on any atom is 0.0421 e. The molecule has 0 fully saturated rings. The molecule has 0 radical (unpaired) electrons. The van der Waals surface area contributed by atoms with E-state index in [0.717, 1.165) is 0 Å². The molecule has 4 aromatic rings. The summed E-state index contributed by atoms with van der Waals surface area (Å²) < 4.78 is 0. The largest absolute Gasteiger partial charge is 0.149 e. The van der Waals surface area contributed by atoms with Gasteiger partial charge < -0.3 is 0 Å². The molecule has 4 rings (SSSR count). The van der Waals surface area contributed by atoms with Gasteiger partial charge in [0.15, 0.2) is 0 Å². The van der Waals surface area contributed by atoms with Crippen molar-refractivity contribution in [2.45, 2.75) is 6.92 Å². The normalized spacial score (nSPS) is 9.96. The lowest BCUT2D eigenvalue weighted by Gasteiger charge is -2.03. The van der Waals surface area contributed by atoms with Crippen molar-refractivity contribution in [3.63, 3.8) is 0 Å². The Hall–Kier alpha value is -2.16. The molecule has 0 nitrogen and oxygen atoms in total. The third-order valence-corrected chi connectivity index (χ3v) is 5.21. The van der Waals surface area contributed by atoms with E-state index in [4.69, 9.17) is 0 Å². The molecule has 0 saturated heterocycles. The summed E-state index contributed by atoms with van der Waals surface area (Å²) in [4.78, 5) is 2.73. The van der Waals surface area contributed by atoms with Gasteiger partial charge in [-0.1, -0.05) is 66.7 Å². The molecule has 2 heterocycles. The van der Waals surface area contributed by atoms with E-state index in [2.05, 4.69) is 96.5 Å². The van der Waals surface area contributed by atoms with E-state index in [1.54, 1.807) is 22.7 Å². The Bertz CT molecular complexity index is 759. The maximum atomic E-state index is 2.20. The van der Waals surface area contributed by atoms with Gasteiger partial charge in [0.05, 0.1) is 0 Å². The van der Waals surface area contributed by atoms with Crippen LogP contribution < -0.4 is 0 Å². The van der Waals surface area contributed by atoms with Crippen LogP contribution in [0.25, 0.3) is 21.6 Å². The van der Waals surface area contributed by atoms with Crippen molar-refractivity contribution in [3.05, 3.63) is 94.5 Å². The van der Waals surface area contributed by atoms with Crippen LogP contribution in [0.3, 0.4) is 0 Å². The first-order chi connectivity index (χ1) is 11.3. The summed E-state index contributed by atoms with van der Waals surface area (Å²) in [5, 5.41) is 4.24. The van der Waals surface area contributed by atoms with Crippen molar-refractivity contribution in [1.82, 2.24) is 0 Å². The minimum Gasteiger partial charge on any atom is -0.149 e. The Morgan fingerprint density at radius 3 is 1.74 bits per heavy atom. The van der Waals surface area contributed by atoms with E-state index in [0.29, 0.717) is 0 Å². The molecule has 0 amide bonds. The molecule has 114 valence electrons. The van der Waals surface area contributed by atoms with Gasteiger partial charge >= 0.3 is 0 Å². The number of rotatable bonds is 2. The van der Waals surface area contributed by atoms with Crippen molar-refractivity contribution in [2.24, 2.45) is 0 Å². The quantitative estimate of drug-likeness (QED) is 0.365. The van der Waals surface area contributed by atoms with E-state index in [9.17, 15) is 0 Å². The number of hydrogen-bond acceptors (Lipinski definition) is 2. The summed E-state index contributed by atoms with van der Waals surface area (Å²) >= 11 is 3.58. The molecule has 0 saturated carbocycles. The van der Waals surface area contributed by atoms with Gasteiger partial charge in [0.25, 0.3) is 0 Å². The SMILES string of the molecule is Cc1cccs1.c1ccc(-c2ccsc2-c2ccccc2)cc1. The van der Waals surface area contributed by atoms with Gasteiger partial charge in [0, 0.05) is 15.3 Å². The van der Waals surface area contributed by atoms with Crippen molar-refractivity contribution in [2.75, 3.05) is 0 Å². The first-order valence-corrected chi connectivity index (χ1v) is 9.29. The molecule has 0 aliphatic carbocycles. The highest BCUT2D eigenvalue weighted by Crippen LogP contribution is 2.36. The second-order valence-corrected chi connectivity index (χ2v) is 7.19. The monoisotopic (exact) mass is 334 g/mol. The Morgan fingerprint density at radius 1 is 0.565 bits per heavy atom. The summed E-state index contributed by atoms with van der Waals surface area (Å²) in [6, 6.07) is 27.5. The lowest BCUT2D eigenvalue weighted by Crippen LogP contribution is -1.77. The van der Waals surface area contributed by atoms with Gasteiger partial charge in [0.2, 0.25) is 0 Å². The molecule has 0 aliphatic rings. The first kappa shape index (κ1) is 15.7.